The summed E-state index contributed by atoms with van der Waals surface area (Å²) in [7, 11) is 0. The number of nitrogens with one attached hydrogen (secondary N) is 1. The van der Waals surface area contributed by atoms with E-state index in [2.05, 4.69) is 28.5 Å². The fourth-order valence-corrected chi connectivity index (χ4v) is 4.56. The van der Waals surface area contributed by atoms with Crippen LogP contribution in [-0.2, 0) is 9.59 Å². The molecule has 6 heteroatoms. The summed E-state index contributed by atoms with van der Waals surface area (Å²) in [6.45, 7) is 0. The van der Waals surface area contributed by atoms with E-state index in [1.54, 1.807) is 0 Å². The van der Waals surface area contributed by atoms with Gasteiger partial charge in [-0.05, 0) is 23.6 Å². The zero-order valence-electron chi connectivity index (χ0n) is 14.7. The number of rotatable bonds is 4. The minimum atomic E-state index is -0.884. The lowest BCUT2D eigenvalue weighted by Crippen LogP contribution is -2.36. The Hall–Kier alpha value is -2.73. The number of hydrogen-bond donors (Lipinski definition) is 2. The number of benzene rings is 2. The van der Waals surface area contributed by atoms with E-state index in [0.29, 0.717) is 18.0 Å². The molecule has 1 aliphatic carbocycles. The molecule has 2 atom stereocenters. The number of carboxylic acids is 1. The Morgan fingerprint density at radius 1 is 1.04 bits per heavy atom. The zero-order valence-corrected chi connectivity index (χ0v) is 15.5. The summed E-state index contributed by atoms with van der Waals surface area (Å²) >= 11 is 1.36. The first kappa shape index (κ1) is 17.7. The third-order valence-electron chi connectivity index (χ3n) is 5.22. The molecule has 27 heavy (non-hydrogen) atoms. The fraction of sp³-hybridized carbons (Fsp3) is 0.286. The van der Waals surface area contributed by atoms with E-state index in [-0.39, 0.29) is 5.91 Å². The number of amides is 1. The van der Waals surface area contributed by atoms with E-state index < -0.39 is 17.8 Å². The summed E-state index contributed by atoms with van der Waals surface area (Å²) in [5, 5.41) is 16.9. The number of hydrogen-bond acceptors (Lipinski definition) is 4. The fourth-order valence-electron chi connectivity index (χ4n) is 3.84. The highest BCUT2D eigenvalue weighted by molar-refractivity contribution is 7.14. The second-order valence-electron chi connectivity index (χ2n) is 6.89. The Morgan fingerprint density at radius 2 is 1.78 bits per heavy atom. The van der Waals surface area contributed by atoms with Crippen molar-refractivity contribution in [1.29, 1.82) is 0 Å². The van der Waals surface area contributed by atoms with Gasteiger partial charge in [-0.25, -0.2) is 4.98 Å². The largest absolute Gasteiger partial charge is 0.481 e. The van der Waals surface area contributed by atoms with Gasteiger partial charge in [0.25, 0.3) is 0 Å². The molecular formula is C21H20N2O3S. The number of fused-ring (bicyclic) bond motifs is 1. The number of anilines is 1. The Balaban J connectivity index is 1.56. The normalized spacial score (nSPS) is 19.7. The second-order valence-corrected chi connectivity index (χ2v) is 7.75. The van der Waals surface area contributed by atoms with Crippen molar-refractivity contribution in [2.45, 2.75) is 25.7 Å². The van der Waals surface area contributed by atoms with Crippen molar-refractivity contribution in [3.8, 4) is 11.3 Å². The van der Waals surface area contributed by atoms with Crippen LogP contribution in [0.1, 0.15) is 25.7 Å². The van der Waals surface area contributed by atoms with Gasteiger partial charge in [0.2, 0.25) is 5.91 Å². The van der Waals surface area contributed by atoms with Crippen molar-refractivity contribution in [3.05, 3.63) is 47.8 Å². The lowest BCUT2D eigenvalue weighted by molar-refractivity contribution is -0.147. The quantitative estimate of drug-likeness (QED) is 0.682. The van der Waals surface area contributed by atoms with Gasteiger partial charge in [0.05, 0.1) is 17.5 Å². The predicted molar refractivity (Wildman–Crippen MR) is 107 cm³/mol. The first-order valence-electron chi connectivity index (χ1n) is 9.11. The van der Waals surface area contributed by atoms with Crippen LogP contribution in [0.5, 0.6) is 0 Å². The van der Waals surface area contributed by atoms with E-state index >= 15 is 0 Å². The van der Waals surface area contributed by atoms with E-state index in [4.69, 9.17) is 0 Å². The van der Waals surface area contributed by atoms with Crippen molar-refractivity contribution in [2.75, 3.05) is 5.32 Å². The minimum absolute atomic E-state index is 0.235. The van der Waals surface area contributed by atoms with E-state index in [1.165, 1.54) is 11.3 Å². The Kier molecular flexibility index (Phi) is 4.90. The smallest absolute Gasteiger partial charge is 0.307 e. The molecule has 1 aromatic heterocycles. The number of aliphatic carboxylic acids is 1. The monoisotopic (exact) mass is 380 g/mol. The van der Waals surface area contributed by atoms with Crippen LogP contribution in [0.4, 0.5) is 5.13 Å². The highest BCUT2D eigenvalue weighted by atomic mass is 32.1. The number of thiazole rings is 1. The lowest BCUT2D eigenvalue weighted by atomic mass is 9.79. The lowest BCUT2D eigenvalue weighted by Gasteiger charge is -2.26. The summed E-state index contributed by atoms with van der Waals surface area (Å²) in [5.41, 5.74) is 1.83. The molecule has 1 saturated carbocycles. The van der Waals surface area contributed by atoms with Crippen molar-refractivity contribution in [1.82, 2.24) is 4.98 Å². The summed E-state index contributed by atoms with van der Waals surface area (Å²) in [6.07, 6.45) is 2.93. The van der Waals surface area contributed by atoms with Crippen LogP contribution in [-0.4, -0.2) is 22.0 Å². The topological polar surface area (TPSA) is 79.3 Å². The molecular weight excluding hydrogens is 360 g/mol. The van der Waals surface area contributed by atoms with Gasteiger partial charge >= 0.3 is 5.97 Å². The Bertz CT molecular complexity index is 993. The van der Waals surface area contributed by atoms with Crippen molar-refractivity contribution >= 4 is 39.1 Å². The molecule has 2 aromatic carbocycles. The van der Waals surface area contributed by atoms with Crippen molar-refractivity contribution in [3.63, 3.8) is 0 Å². The Morgan fingerprint density at radius 3 is 2.59 bits per heavy atom. The molecule has 1 amide bonds. The molecule has 0 bridgehead atoms. The van der Waals surface area contributed by atoms with Gasteiger partial charge in [-0.3, -0.25) is 9.59 Å². The van der Waals surface area contributed by atoms with Gasteiger partial charge in [0.1, 0.15) is 0 Å². The average molecular weight is 380 g/mol. The molecule has 3 aromatic rings. The molecule has 1 heterocycles. The molecule has 2 unspecified atom stereocenters. The van der Waals surface area contributed by atoms with Gasteiger partial charge in [-0.2, -0.15) is 0 Å². The number of nitrogens with zero attached hydrogens (tertiary/aromatic N) is 1. The number of aromatic nitrogens is 1. The van der Waals surface area contributed by atoms with Crippen LogP contribution in [0.15, 0.2) is 47.8 Å². The second kappa shape index (κ2) is 7.48. The molecule has 0 aliphatic heterocycles. The van der Waals surface area contributed by atoms with Crippen LogP contribution in [0, 0.1) is 11.8 Å². The number of carboxylic acid groups (broad SMARTS) is 1. The zero-order chi connectivity index (χ0) is 18.8. The SMILES string of the molecule is O=C(O)C1CCCCC1C(=O)Nc1nc(-c2cccc3ccccc23)cs1. The molecule has 0 spiro atoms. The summed E-state index contributed by atoms with van der Waals surface area (Å²) in [4.78, 5) is 28.6. The first-order valence-corrected chi connectivity index (χ1v) is 9.99. The minimum Gasteiger partial charge on any atom is -0.481 e. The summed E-state index contributed by atoms with van der Waals surface area (Å²) < 4.78 is 0. The molecule has 2 N–H and O–H groups in total. The predicted octanol–water partition coefficient (Wildman–Crippen LogP) is 4.79. The third-order valence-corrected chi connectivity index (χ3v) is 5.98. The standard InChI is InChI=1S/C21H20N2O3S/c24-19(16-9-3-4-10-17(16)20(25)26)23-21-22-18(12-27-21)15-11-5-7-13-6-1-2-8-14(13)15/h1-2,5-8,11-12,16-17H,3-4,9-10H2,(H,25,26)(H,22,23,24). The molecule has 0 radical (unpaired) electrons. The number of carbonyl (C=O) groups excluding carboxylic acids is 1. The maximum Gasteiger partial charge on any atom is 0.307 e. The molecule has 0 saturated heterocycles. The molecule has 138 valence electrons. The summed E-state index contributed by atoms with van der Waals surface area (Å²) in [6, 6.07) is 14.2. The highest BCUT2D eigenvalue weighted by Crippen LogP contribution is 2.33. The number of carbonyl (C=O) groups is 2. The van der Waals surface area contributed by atoms with Gasteiger partial charge in [-0.1, -0.05) is 55.3 Å². The van der Waals surface area contributed by atoms with Gasteiger partial charge in [0, 0.05) is 10.9 Å². The first-order chi connectivity index (χ1) is 13.1. The summed E-state index contributed by atoms with van der Waals surface area (Å²) in [5.74, 6) is -2.20. The van der Waals surface area contributed by atoms with Crippen LogP contribution in [0.2, 0.25) is 0 Å². The molecule has 5 nitrogen and oxygen atoms in total. The average Bonchev–Trinajstić information content (AvgIpc) is 3.15. The van der Waals surface area contributed by atoms with Gasteiger partial charge in [0.15, 0.2) is 5.13 Å². The third kappa shape index (κ3) is 3.57. The van der Waals surface area contributed by atoms with Crippen LogP contribution < -0.4 is 5.32 Å². The van der Waals surface area contributed by atoms with Crippen LogP contribution in [0.25, 0.3) is 22.0 Å². The van der Waals surface area contributed by atoms with Gasteiger partial charge in [-0.15, -0.1) is 11.3 Å². The maximum atomic E-state index is 12.6. The molecule has 4 rings (SSSR count). The van der Waals surface area contributed by atoms with E-state index in [9.17, 15) is 14.7 Å². The molecule has 1 fully saturated rings. The molecule has 1 aliphatic rings. The van der Waals surface area contributed by atoms with Gasteiger partial charge < -0.3 is 10.4 Å². The van der Waals surface area contributed by atoms with Crippen molar-refractivity contribution < 1.29 is 14.7 Å². The van der Waals surface area contributed by atoms with Crippen molar-refractivity contribution in [2.24, 2.45) is 11.8 Å². The highest BCUT2D eigenvalue weighted by Gasteiger charge is 2.36. The van der Waals surface area contributed by atoms with Crippen LogP contribution in [0.3, 0.4) is 0 Å². The maximum absolute atomic E-state index is 12.6. The Labute approximate surface area is 161 Å². The van der Waals surface area contributed by atoms with E-state index in [1.807, 2.05) is 29.6 Å². The van der Waals surface area contributed by atoms with Crippen LogP contribution >= 0.6 is 11.3 Å². The van der Waals surface area contributed by atoms with E-state index in [0.717, 1.165) is 34.9 Å².